The van der Waals surface area contributed by atoms with Crippen molar-refractivity contribution in [1.29, 1.82) is 0 Å². The van der Waals surface area contributed by atoms with Crippen molar-refractivity contribution in [2.24, 2.45) is 14.1 Å². The second-order valence-electron chi connectivity index (χ2n) is 19.7. The number of methoxy groups -OCH3 is 1. The van der Waals surface area contributed by atoms with Crippen molar-refractivity contribution in [3.63, 3.8) is 0 Å². The molecule has 0 amide bonds. The van der Waals surface area contributed by atoms with Gasteiger partial charge in [-0.1, -0.05) is 64.1 Å². The van der Waals surface area contributed by atoms with Crippen LogP contribution >= 0.6 is 0 Å². The van der Waals surface area contributed by atoms with Crippen LogP contribution in [0.4, 0.5) is 17.6 Å². The molecule has 0 atom stereocenters. The summed E-state index contributed by atoms with van der Waals surface area (Å²) in [6.07, 6.45) is 13.0. The van der Waals surface area contributed by atoms with E-state index < -0.39 is 11.6 Å². The van der Waals surface area contributed by atoms with Crippen molar-refractivity contribution in [1.82, 2.24) is 39.5 Å². The Morgan fingerprint density at radius 2 is 1.15 bits per heavy atom. The summed E-state index contributed by atoms with van der Waals surface area (Å²) < 4.78 is 14.7. The Balaban J connectivity index is 0.000000212. The number of carbonyl (C=O) groups excluding carboxylic acids is 3. The molecule has 9 rings (SSSR count). The molecule has 0 bridgehead atoms. The molecular formula is C58H68N10O5. The fraction of sp³-hybridized carbons (Fsp3) is 0.397. The number of benzene rings is 3. The highest BCUT2D eigenvalue weighted by Crippen LogP contribution is 2.37. The van der Waals surface area contributed by atoms with Crippen molar-refractivity contribution in [2.75, 3.05) is 18.2 Å². The molecule has 0 aliphatic heterocycles. The Labute approximate surface area is 428 Å². The van der Waals surface area contributed by atoms with Gasteiger partial charge in [-0.3, -0.25) is 19.0 Å². The first-order chi connectivity index (χ1) is 35.1. The number of Topliss-reactive ketones (excluding diaryl/α,β-unsaturated/α-hetero) is 2. The molecule has 15 heteroatoms. The van der Waals surface area contributed by atoms with Gasteiger partial charge in [0.05, 0.1) is 41.1 Å². The first-order valence-electron chi connectivity index (χ1n) is 25.6. The van der Waals surface area contributed by atoms with E-state index in [1.807, 2.05) is 41.1 Å². The van der Waals surface area contributed by atoms with Crippen molar-refractivity contribution in [3.05, 3.63) is 140 Å². The van der Waals surface area contributed by atoms with Crippen LogP contribution in [-0.4, -0.2) is 69.7 Å². The predicted octanol–water partition coefficient (Wildman–Crippen LogP) is 10.1. The maximum atomic E-state index is 13.8. The number of anilines is 3. The van der Waals surface area contributed by atoms with Gasteiger partial charge in [0.15, 0.2) is 11.6 Å². The van der Waals surface area contributed by atoms with Crippen LogP contribution in [0.25, 0.3) is 22.8 Å². The highest BCUT2D eigenvalue weighted by molar-refractivity contribution is 6.00. The number of nitrogen functional groups attached to an aromatic ring is 1. The average molecular weight is 985 g/mol. The zero-order valence-electron chi connectivity index (χ0n) is 44.0. The lowest BCUT2D eigenvalue weighted by molar-refractivity contribution is 0.00689. The van der Waals surface area contributed by atoms with Crippen molar-refractivity contribution in [2.45, 2.75) is 131 Å². The van der Waals surface area contributed by atoms with Crippen LogP contribution in [0.5, 0.6) is 5.75 Å². The largest absolute Gasteiger partial charge is 0.495 e. The molecule has 15 nitrogen and oxygen atoms in total. The van der Waals surface area contributed by atoms with Gasteiger partial charge in [0.2, 0.25) is 11.9 Å². The van der Waals surface area contributed by atoms with Crippen LogP contribution in [0.3, 0.4) is 0 Å². The van der Waals surface area contributed by atoms with Gasteiger partial charge in [-0.25, -0.2) is 24.7 Å². The maximum Gasteiger partial charge on any atom is 0.338 e. The van der Waals surface area contributed by atoms with Gasteiger partial charge in [0, 0.05) is 50.5 Å². The predicted molar refractivity (Wildman–Crippen MR) is 285 cm³/mol. The lowest BCUT2D eigenvalue weighted by Gasteiger charge is -2.20. The lowest BCUT2D eigenvalue weighted by atomic mass is 9.92. The van der Waals surface area contributed by atoms with Gasteiger partial charge in [0.25, 0.3) is 0 Å². The average Bonchev–Trinajstić information content (AvgIpc) is 3.71. The standard InChI is InChI=1S/C35H41N5O4.C23H27N5O/c1-8-21-12-10-13-22(9-2)26(21)19-28(41)31-25-15-11-14-24-20-36-34(38-30(24)32(25)40(6)39-31)37-27-17-16-23(18-29(27)43-7)33(42)44-35(3,4)5;1-4-14-8-6-9-15(5-2)18(14)12-19(29)21-17-11-7-10-16-13-25-23(24)26-20(16)22(17)28(3)27-21/h10,12-13,16-18,20H,8-9,11,14-15,19H2,1-7H3,(H,36,37,38);6,8-9,13H,4-5,7,10-12H2,1-3H3,(H2,24,25,26). The van der Waals surface area contributed by atoms with E-state index in [-0.39, 0.29) is 17.5 Å². The van der Waals surface area contributed by atoms with E-state index in [1.165, 1.54) is 22.3 Å². The molecule has 7 aromatic rings. The van der Waals surface area contributed by atoms with Gasteiger partial charge in [-0.05, 0) is 148 Å². The quantitative estimate of drug-likeness (QED) is 0.0773. The van der Waals surface area contributed by atoms with E-state index in [0.717, 1.165) is 120 Å². The minimum absolute atomic E-state index is 0.0307. The molecule has 3 aromatic carbocycles. The van der Waals surface area contributed by atoms with Crippen molar-refractivity contribution >= 4 is 35.1 Å². The third-order valence-electron chi connectivity index (χ3n) is 13.8. The first-order valence-corrected chi connectivity index (χ1v) is 25.6. The monoisotopic (exact) mass is 985 g/mol. The highest BCUT2D eigenvalue weighted by Gasteiger charge is 2.30. The summed E-state index contributed by atoms with van der Waals surface area (Å²) in [4.78, 5) is 57.9. The number of fused-ring (bicyclic) bond motifs is 6. The lowest BCUT2D eigenvalue weighted by Crippen LogP contribution is -2.23. The van der Waals surface area contributed by atoms with E-state index in [9.17, 15) is 14.4 Å². The third kappa shape index (κ3) is 11.1. The normalized spacial score (nSPS) is 12.7. The number of aryl methyl sites for hydroxylation is 8. The summed E-state index contributed by atoms with van der Waals surface area (Å²) in [5.41, 5.74) is 21.8. The molecule has 73 heavy (non-hydrogen) atoms. The summed E-state index contributed by atoms with van der Waals surface area (Å²) in [6.45, 7) is 14.0. The van der Waals surface area contributed by atoms with E-state index in [4.69, 9.17) is 25.3 Å². The Hall–Kier alpha value is -7.55. The van der Waals surface area contributed by atoms with Crippen molar-refractivity contribution < 1.29 is 23.9 Å². The molecule has 0 saturated carbocycles. The SMILES string of the molecule is CCc1cccc(CC)c1CC(=O)c1nn(C)c2c1CCCc1cnc(N)nc1-2.CCc1cccc(CC)c1CC(=O)c1nn(C)c2c1CCCc1cnc(Nc3ccc(C(=O)OC(C)(C)C)cc3OC)nc1-2. The Morgan fingerprint density at radius 1 is 0.671 bits per heavy atom. The summed E-state index contributed by atoms with van der Waals surface area (Å²) in [5.74, 6) is 0.751. The molecule has 0 fully saturated rings. The minimum Gasteiger partial charge on any atom is -0.495 e. The fourth-order valence-electron chi connectivity index (χ4n) is 10.2. The van der Waals surface area contributed by atoms with E-state index in [0.29, 0.717) is 47.2 Å². The van der Waals surface area contributed by atoms with E-state index >= 15 is 0 Å². The number of nitrogens with two attached hydrogens (primary N) is 1. The van der Waals surface area contributed by atoms with Crippen LogP contribution < -0.4 is 15.8 Å². The topological polar surface area (TPSA) is 195 Å². The number of esters is 1. The molecule has 4 aromatic heterocycles. The van der Waals surface area contributed by atoms with Gasteiger partial charge in [-0.15, -0.1) is 0 Å². The molecule has 2 aliphatic carbocycles. The summed E-state index contributed by atoms with van der Waals surface area (Å²) in [7, 11) is 5.29. The molecule has 2 aliphatic rings. The smallest absolute Gasteiger partial charge is 0.338 e. The highest BCUT2D eigenvalue weighted by atomic mass is 16.6. The molecular weight excluding hydrogens is 917 g/mol. The number of hydrogen-bond acceptors (Lipinski definition) is 13. The molecule has 0 saturated heterocycles. The number of ether oxygens (including phenoxy) is 2. The number of rotatable bonds is 14. The molecule has 0 spiro atoms. The van der Waals surface area contributed by atoms with Crippen LogP contribution in [0.2, 0.25) is 0 Å². The minimum atomic E-state index is -0.607. The number of aromatic nitrogens is 8. The van der Waals surface area contributed by atoms with Crippen LogP contribution in [0, 0.1) is 0 Å². The summed E-state index contributed by atoms with van der Waals surface area (Å²) in [6, 6.07) is 17.7. The number of ketones is 2. The maximum absolute atomic E-state index is 13.8. The second-order valence-corrected chi connectivity index (χ2v) is 19.7. The number of nitrogens with one attached hydrogen (secondary N) is 1. The van der Waals surface area contributed by atoms with Gasteiger partial charge in [0.1, 0.15) is 22.7 Å². The van der Waals surface area contributed by atoms with Crippen LogP contribution in [0.1, 0.15) is 148 Å². The third-order valence-corrected chi connectivity index (χ3v) is 13.8. The number of hydrogen-bond donors (Lipinski definition) is 2. The Bertz CT molecular complexity index is 3170. The fourth-order valence-corrected chi connectivity index (χ4v) is 10.2. The number of carbonyl (C=O) groups is 3. The second kappa shape index (κ2) is 22.1. The van der Waals surface area contributed by atoms with Gasteiger partial charge < -0.3 is 20.5 Å². The zero-order chi connectivity index (χ0) is 52.1. The summed E-state index contributed by atoms with van der Waals surface area (Å²) in [5, 5.41) is 12.6. The molecule has 0 radical (unpaired) electrons. The van der Waals surface area contributed by atoms with E-state index in [1.54, 1.807) is 40.9 Å². The first kappa shape index (κ1) is 51.8. The van der Waals surface area contributed by atoms with Crippen LogP contribution in [-0.2, 0) is 83.0 Å². The van der Waals surface area contributed by atoms with Crippen molar-refractivity contribution in [3.8, 4) is 28.5 Å². The van der Waals surface area contributed by atoms with Gasteiger partial charge in [-0.2, -0.15) is 10.2 Å². The molecule has 3 N–H and O–H groups in total. The molecule has 380 valence electrons. The van der Waals surface area contributed by atoms with Crippen LogP contribution in [0.15, 0.2) is 67.0 Å². The molecule has 0 unspecified atom stereocenters. The Kier molecular flexibility index (Phi) is 15.7. The zero-order valence-corrected chi connectivity index (χ0v) is 44.0. The molecule has 4 heterocycles. The number of nitrogens with zero attached hydrogens (tertiary/aromatic N) is 8. The Morgan fingerprint density at radius 3 is 1.62 bits per heavy atom. The van der Waals surface area contributed by atoms with Gasteiger partial charge >= 0.3 is 5.97 Å². The summed E-state index contributed by atoms with van der Waals surface area (Å²) >= 11 is 0. The van der Waals surface area contributed by atoms with E-state index in [2.05, 4.69) is 89.5 Å².